The Kier molecular flexibility index (Phi) is 5.36. The summed E-state index contributed by atoms with van der Waals surface area (Å²) in [6.45, 7) is 6.40. The van der Waals surface area contributed by atoms with Crippen molar-refractivity contribution in [3.63, 3.8) is 0 Å². The zero-order valence-electron chi connectivity index (χ0n) is 16.8. The lowest BCUT2D eigenvalue weighted by molar-refractivity contribution is 0.103. The van der Waals surface area contributed by atoms with Crippen LogP contribution in [0.4, 0.5) is 5.69 Å². The maximum Gasteiger partial charge on any atom is 0.267 e. The SMILES string of the molecule is Cc1ccc(-c2csc(C(=O)Nc3ccc(C(C)C)cc3)c2-n2cccc2)cc1. The van der Waals surface area contributed by atoms with Gasteiger partial charge in [-0.1, -0.05) is 55.8 Å². The molecule has 4 heteroatoms. The van der Waals surface area contributed by atoms with E-state index in [2.05, 4.69) is 67.9 Å². The number of nitrogens with zero attached hydrogens (tertiary/aromatic N) is 1. The lowest BCUT2D eigenvalue weighted by Gasteiger charge is -2.11. The van der Waals surface area contributed by atoms with E-state index in [-0.39, 0.29) is 5.91 Å². The standard InChI is InChI=1S/C25H24N2OS/c1-17(2)19-10-12-21(13-11-19)26-25(28)24-23(27-14-4-5-15-27)22(16-29-24)20-8-6-18(3)7-9-20/h4-17H,1-3H3,(H,26,28). The van der Waals surface area contributed by atoms with Crippen molar-refractivity contribution in [3.05, 3.63) is 94.4 Å². The van der Waals surface area contributed by atoms with Gasteiger partial charge in [-0.2, -0.15) is 0 Å². The molecule has 0 fully saturated rings. The summed E-state index contributed by atoms with van der Waals surface area (Å²) in [5, 5.41) is 5.13. The maximum atomic E-state index is 13.1. The molecule has 0 radical (unpaired) electrons. The van der Waals surface area contributed by atoms with Gasteiger partial charge in [0.05, 0.1) is 5.69 Å². The summed E-state index contributed by atoms with van der Waals surface area (Å²) in [5.74, 6) is 0.379. The highest BCUT2D eigenvalue weighted by Gasteiger charge is 2.20. The van der Waals surface area contributed by atoms with Crippen molar-refractivity contribution in [2.75, 3.05) is 5.32 Å². The predicted molar refractivity (Wildman–Crippen MR) is 122 cm³/mol. The second-order valence-corrected chi connectivity index (χ2v) is 8.39. The molecule has 1 N–H and O–H groups in total. The minimum Gasteiger partial charge on any atom is -0.322 e. The zero-order valence-corrected chi connectivity index (χ0v) is 17.7. The predicted octanol–water partition coefficient (Wildman–Crippen LogP) is 6.89. The average molecular weight is 401 g/mol. The smallest absolute Gasteiger partial charge is 0.267 e. The molecule has 0 aliphatic rings. The Hall–Kier alpha value is -3.11. The third-order valence-corrected chi connectivity index (χ3v) is 6.00. The number of carbonyl (C=O) groups excluding carboxylic acids is 1. The lowest BCUT2D eigenvalue weighted by Crippen LogP contribution is -2.13. The van der Waals surface area contributed by atoms with Crippen molar-refractivity contribution in [1.29, 1.82) is 0 Å². The van der Waals surface area contributed by atoms with Gasteiger partial charge in [0, 0.05) is 29.0 Å². The highest BCUT2D eigenvalue weighted by Crippen LogP contribution is 2.35. The number of aromatic nitrogens is 1. The molecule has 0 saturated carbocycles. The van der Waals surface area contributed by atoms with E-state index in [0.29, 0.717) is 10.8 Å². The number of rotatable bonds is 5. The fourth-order valence-corrected chi connectivity index (χ4v) is 4.30. The highest BCUT2D eigenvalue weighted by atomic mass is 32.1. The number of hydrogen-bond acceptors (Lipinski definition) is 2. The van der Waals surface area contributed by atoms with Crippen molar-refractivity contribution >= 4 is 22.9 Å². The molecule has 0 spiro atoms. The Morgan fingerprint density at radius 1 is 0.966 bits per heavy atom. The van der Waals surface area contributed by atoms with Crippen molar-refractivity contribution < 1.29 is 4.79 Å². The van der Waals surface area contributed by atoms with E-state index in [1.807, 2.05) is 41.2 Å². The third kappa shape index (κ3) is 4.03. The van der Waals surface area contributed by atoms with Crippen LogP contribution in [-0.4, -0.2) is 10.5 Å². The summed E-state index contributed by atoms with van der Waals surface area (Å²) in [6, 6.07) is 20.4. The molecule has 0 saturated heterocycles. The first-order valence-corrected chi connectivity index (χ1v) is 10.6. The van der Waals surface area contributed by atoms with Gasteiger partial charge in [-0.25, -0.2) is 0 Å². The molecule has 3 nitrogen and oxygen atoms in total. The topological polar surface area (TPSA) is 34.0 Å². The number of hydrogen-bond donors (Lipinski definition) is 1. The molecule has 29 heavy (non-hydrogen) atoms. The molecule has 146 valence electrons. The van der Waals surface area contributed by atoms with E-state index in [1.54, 1.807) is 0 Å². The van der Waals surface area contributed by atoms with E-state index in [1.165, 1.54) is 22.5 Å². The van der Waals surface area contributed by atoms with Gasteiger partial charge in [0.15, 0.2) is 0 Å². The monoisotopic (exact) mass is 400 g/mol. The fourth-order valence-electron chi connectivity index (χ4n) is 3.33. The van der Waals surface area contributed by atoms with Gasteiger partial charge < -0.3 is 9.88 Å². The summed E-state index contributed by atoms with van der Waals surface area (Å²) in [4.78, 5) is 13.8. The number of carbonyl (C=O) groups is 1. The second-order valence-electron chi connectivity index (χ2n) is 7.51. The van der Waals surface area contributed by atoms with Crippen LogP contribution in [0.15, 0.2) is 78.4 Å². The van der Waals surface area contributed by atoms with Crippen LogP contribution in [0.5, 0.6) is 0 Å². The first-order chi connectivity index (χ1) is 14.0. The fraction of sp³-hybridized carbons (Fsp3) is 0.160. The highest BCUT2D eigenvalue weighted by molar-refractivity contribution is 7.13. The molecule has 0 aliphatic carbocycles. The molecule has 4 rings (SSSR count). The van der Waals surface area contributed by atoms with Crippen LogP contribution in [0.25, 0.3) is 16.8 Å². The molecule has 4 aromatic rings. The van der Waals surface area contributed by atoms with E-state index in [4.69, 9.17) is 0 Å². The second kappa shape index (κ2) is 8.10. The number of amides is 1. The first kappa shape index (κ1) is 19.2. The minimum atomic E-state index is -0.0886. The third-order valence-electron chi connectivity index (χ3n) is 5.03. The molecule has 0 bridgehead atoms. The van der Waals surface area contributed by atoms with Crippen LogP contribution in [0.3, 0.4) is 0 Å². The van der Waals surface area contributed by atoms with E-state index < -0.39 is 0 Å². The van der Waals surface area contributed by atoms with E-state index in [0.717, 1.165) is 22.5 Å². The van der Waals surface area contributed by atoms with Crippen LogP contribution >= 0.6 is 11.3 Å². The summed E-state index contributed by atoms with van der Waals surface area (Å²) in [7, 11) is 0. The van der Waals surface area contributed by atoms with Crippen LogP contribution in [0.2, 0.25) is 0 Å². The number of thiophene rings is 1. The van der Waals surface area contributed by atoms with E-state index >= 15 is 0 Å². The van der Waals surface area contributed by atoms with Gasteiger partial charge in [0.2, 0.25) is 0 Å². The molecule has 0 unspecified atom stereocenters. The van der Waals surface area contributed by atoms with Crippen LogP contribution < -0.4 is 5.32 Å². The molecule has 2 aromatic carbocycles. The molecule has 1 amide bonds. The van der Waals surface area contributed by atoms with Gasteiger partial charge >= 0.3 is 0 Å². The Balaban J connectivity index is 1.70. The summed E-state index contributed by atoms with van der Waals surface area (Å²) < 4.78 is 2.02. The molecular formula is C25H24N2OS. The van der Waals surface area contributed by atoms with E-state index in [9.17, 15) is 4.79 Å². The molecule has 2 heterocycles. The van der Waals surface area contributed by atoms with Crippen LogP contribution in [0, 0.1) is 6.92 Å². The number of anilines is 1. The summed E-state index contributed by atoms with van der Waals surface area (Å²) in [5.41, 5.74) is 6.37. The average Bonchev–Trinajstić information content (AvgIpc) is 3.38. The number of aryl methyl sites for hydroxylation is 1. The number of benzene rings is 2. The quantitative estimate of drug-likeness (QED) is 0.389. The number of nitrogens with one attached hydrogen (secondary N) is 1. The molecule has 0 atom stereocenters. The Bertz CT molecular complexity index is 1100. The lowest BCUT2D eigenvalue weighted by atomic mass is 10.0. The summed E-state index contributed by atoms with van der Waals surface area (Å²) in [6.07, 6.45) is 3.96. The van der Waals surface area contributed by atoms with Crippen molar-refractivity contribution in [2.24, 2.45) is 0 Å². The Morgan fingerprint density at radius 2 is 1.62 bits per heavy atom. The van der Waals surface area contributed by atoms with Crippen LogP contribution in [-0.2, 0) is 0 Å². The van der Waals surface area contributed by atoms with Crippen molar-refractivity contribution in [3.8, 4) is 16.8 Å². The minimum absolute atomic E-state index is 0.0886. The van der Waals surface area contributed by atoms with Crippen LogP contribution in [0.1, 0.15) is 40.6 Å². The van der Waals surface area contributed by atoms with Crippen molar-refractivity contribution in [1.82, 2.24) is 4.57 Å². The van der Waals surface area contributed by atoms with Crippen molar-refractivity contribution in [2.45, 2.75) is 26.7 Å². The van der Waals surface area contributed by atoms with Gasteiger partial charge in [-0.15, -0.1) is 11.3 Å². The maximum absolute atomic E-state index is 13.1. The van der Waals surface area contributed by atoms with Gasteiger partial charge in [-0.05, 0) is 48.2 Å². The zero-order chi connectivity index (χ0) is 20.4. The Morgan fingerprint density at radius 3 is 2.24 bits per heavy atom. The first-order valence-electron chi connectivity index (χ1n) is 9.76. The molecular weight excluding hydrogens is 376 g/mol. The molecule has 2 aromatic heterocycles. The normalized spacial score (nSPS) is 11.0. The largest absolute Gasteiger partial charge is 0.322 e. The van der Waals surface area contributed by atoms with Gasteiger partial charge in [-0.3, -0.25) is 4.79 Å². The Labute approximate surface area is 175 Å². The summed E-state index contributed by atoms with van der Waals surface area (Å²) >= 11 is 1.48. The van der Waals surface area contributed by atoms with Gasteiger partial charge in [0.25, 0.3) is 5.91 Å². The van der Waals surface area contributed by atoms with Gasteiger partial charge in [0.1, 0.15) is 4.88 Å². The molecule has 0 aliphatic heterocycles.